The van der Waals surface area contributed by atoms with E-state index in [0.717, 1.165) is 22.6 Å². The minimum absolute atomic E-state index is 0.0594. The molecule has 0 saturated heterocycles. The van der Waals surface area contributed by atoms with Crippen molar-refractivity contribution in [3.63, 3.8) is 0 Å². The van der Waals surface area contributed by atoms with Crippen LogP contribution >= 0.6 is 11.6 Å². The average Bonchev–Trinajstić information content (AvgIpc) is 2.70. The molecule has 1 aliphatic heterocycles. The van der Waals surface area contributed by atoms with Gasteiger partial charge in [-0.25, -0.2) is 4.98 Å². The van der Waals surface area contributed by atoms with Gasteiger partial charge >= 0.3 is 0 Å². The summed E-state index contributed by atoms with van der Waals surface area (Å²) in [6, 6.07) is 24.4. The number of halogens is 1. The van der Waals surface area contributed by atoms with Crippen molar-refractivity contribution in [1.29, 1.82) is 0 Å². The Morgan fingerprint density at radius 1 is 0.846 bits per heavy atom. The van der Waals surface area contributed by atoms with Gasteiger partial charge in [0.1, 0.15) is 17.1 Å². The average molecular weight is 360 g/mol. The Balaban J connectivity index is 1.88. The van der Waals surface area contributed by atoms with Gasteiger partial charge in [-0.05, 0) is 42.1 Å². The number of aromatic nitrogens is 1. The smallest absolute Gasteiger partial charge is 0.136 e. The molecule has 0 amide bonds. The van der Waals surface area contributed by atoms with E-state index in [-0.39, 0.29) is 6.17 Å². The zero-order valence-electron chi connectivity index (χ0n) is 14.1. The fourth-order valence-corrected chi connectivity index (χ4v) is 3.25. The largest absolute Gasteiger partial charge is 0.368 e. The molecule has 0 aliphatic carbocycles. The van der Waals surface area contributed by atoms with E-state index in [1.165, 1.54) is 0 Å². The van der Waals surface area contributed by atoms with Crippen molar-refractivity contribution < 1.29 is 0 Å². The lowest BCUT2D eigenvalue weighted by molar-refractivity contribution is 0.694. The number of pyridine rings is 1. The van der Waals surface area contributed by atoms with Gasteiger partial charge in [0.2, 0.25) is 0 Å². The molecule has 1 unspecified atom stereocenters. The van der Waals surface area contributed by atoms with Crippen LogP contribution in [0.3, 0.4) is 0 Å². The molecule has 0 spiro atoms. The van der Waals surface area contributed by atoms with E-state index < -0.39 is 0 Å². The summed E-state index contributed by atoms with van der Waals surface area (Å²) < 4.78 is 0. The Kier molecular flexibility index (Phi) is 4.71. The maximum absolute atomic E-state index is 6.18. The van der Waals surface area contributed by atoms with E-state index >= 15 is 0 Å². The van der Waals surface area contributed by atoms with Crippen LogP contribution in [0.2, 0.25) is 5.15 Å². The molecule has 2 aromatic carbocycles. The van der Waals surface area contributed by atoms with Crippen LogP contribution in [0.15, 0.2) is 97.2 Å². The number of nitrogens with zero attached hydrogens (tertiary/aromatic N) is 2. The predicted octanol–water partition coefficient (Wildman–Crippen LogP) is 5.54. The van der Waals surface area contributed by atoms with Crippen molar-refractivity contribution in [3.8, 4) is 11.1 Å². The van der Waals surface area contributed by atoms with Gasteiger partial charge in [-0.3, -0.25) is 0 Å². The molecule has 1 atom stereocenters. The number of allylic oxidation sites excluding steroid dienone is 2. The quantitative estimate of drug-likeness (QED) is 0.620. The van der Waals surface area contributed by atoms with Gasteiger partial charge in [0, 0.05) is 5.56 Å². The molecule has 128 valence electrons. The SMILES string of the molecule is Clc1cccc(N(c2ccccc2-c2ccccc2)C2C=CC=CN2)n1. The third-order valence-corrected chi connectivity index (χ3v) is 4.45. The van der Waals surface area contributed by atoms with Gasteiger partial charge in [0.05, 0.1) is 5.69 Å². The Morgan fingerprint density at radius 3 is 2.42 bits per heavy atom. The Hall–Kier alpha value is -3.04. The summed E-state index contributed by atoms with van der Waals surface area (Å²) in [6.45, 7) is 0. The van der Waals surface area contributed by atoms with Gasteiger partial charge in [-0.2, -0.15) is 0 Å². The van der Waals surface area contributed by atoms with E-state index in [2.05, 4.69) is 63.7 Å². The lowest BCUT2D eigenvalue weighted by Crippen LogP contribution is -2.40. The molecule has 3 aromatic rings. The molecule has 1 aliphatic rings. The molecule has 1 aromatic heterocycles. The molecule has 0 fully saturated rings. The fourth-order valence-electron chi connectivity index (χ4n) is 3.09. The number of hydrogen-bond acceptors (Lipinski definition) is 3. The van der Waals surface area contributed by atoms with Crippen molar-refractivity contribution in [3.05, 3.63) is 102 Å². The highest BCUT2D eigenvalue weighted by atomic mass is 35.5. The number of anilines is 2. The molecular formula is C22H18ClN3. The highest BCUT2D eigenvalue weighted by Gasteiger charge is 2.22. The number of benzene rings is 2. The summed E-state index contributed by atoms with van der Waals surface area (Å²) in [7, 11) is 0. The minimum Gasteiger partial charge on any atom is -0.368 e. The number of rotatable bonds is 4. The topological polar surface area (TPSA) is 28.2 Å². The second-order valence-corrected chi connectivity index (χ2v) is 6.31. The van der Waals surface area contributed by atoms with Gasteiger partial charge in [0.25, 0.3) is 0 Å². The number of para-hydroxylation sites is 1. The van der Waals surface area contributed by atoms with Gasteiger partial charge in [0.15, 0.2) is 0 Å². The van der Waals surface area contributed by atoms with E-state index in [4.69, 9.17) is 11.6 Å². The van der Waals surface area contributed by atoms with Crippen LogP contribution in [0.5, 0.6) is 0 Å². The lowest BCUT2D eigenvalue weighted by Gasteiger charge is -2.33. The van der Waals surface area contributed by atoms with Gasteiger partial charge < -0.3 is 10.2 Å². The fraction of sp³-hybridized carbons (Fsp3) is 0.0455. The molecule has 1 N–H and O–H groups in total. The zero-order chi connectivity index (χ0) is 17.8. The number of dihydropyridines is 1. The van der Waals surface area contributed by atoms with Crippen molar-refractivity contribution in [2.24, 2.45) is 0 Å². The highest BCUT2D eigenvalue weighted by Crippen LogP contribution is 2.36. The summed E-state index contributed by atoms with van der Waals surface area (Å²) >= 11 is 6.18. The molecule has 4 rings (SSSR count). The van der Waals surface area contributed by atoms with Crippen LogP contribution in [0.1, 0.15) is 0 Å². The van der Waals surface area contributed by atoms with Crippen molar-refractivity contribution in [1.82, 2.24) is 10.3 Å². The van der Waals surface area contributed by atoms with Crippen LogP contribution in [0, 0.1) is 0 Å². The Labute approximate surface area is 158 Å². The minimum atomic E-state index is -0.0594. The van der Waals surface area contributed by atoms with Crippen LogP contribution in [-0.2, 0) is 0 Å². The number of nitrogens with one attached hydrogen (secondary N) is 1. The molecule has 4 heteroatoms. The van der Waals surface area contributed by atoms with Crippen LogP contribution < -0.4 is 10.2 Å². The summed E-state index contributed by atoms with van der Waals surface area (Å²) in [5, 5.41) is 3.86. The normalized spacial score (nSPS) is 15.5. The third-order valence-electron chi connectivity index (χ3n) is 4.24. The van der Waals surface area contributed by atoms with E-state index in [9.17, 15) is 0 Å². The highest BCUT2D eigenvalue weighted by molar-refractivity contribution is 6.29. The first-order valence-electron chi connectivity index (χ1n) is 8.48. The molecule has 0 radical (unpaired) electrons. The maximum atomic E-state index is 6.18. The summed E-state index contributed by atoms with van der Waals surface area (Å²) in [6.07, 6.45) is 7.99. The second-order valence-electron chi connectivity index (χ2n) is 5.93. The van der Waals surface area contributed by atoms with Gasteiger partial charge in [-0.15, -0.1) is 0 Å². The third kappa shape index (κ3) is 3.35. The first-order chi connectivity index (χ1) is 12.8. The van der Waals surface area contributed by atoms with Crippen molar-refractivity contribution in [2.75, 3.05) is 4.90 Å². The molecule has 3 nitrogen and oxygen atoms in total. The zero-order valence-corrected chi connectivity index (χ0v) is 14.8. The van der Waals surface area contributed by atoms with Crippen LogP contribution in [0.25, 0.3) is 11.1 Å². The molecular weight excluding hydrogens is 342 g/mol. The van der Waals surface area contributed by atoms with Crippen molar-refractivity contribution in [2.45, 2.75) is 6.17 Å². The Morgan fingerprint density at radius 2 is 1.65 bits per heavy atom. The van der Waals surface area contributed by atoms with E-state index in [1.54, 1.807) is 6.07 Å². The second kappa shape index (κ2) is 7.46. The first kappa shape index (κ1) is 16.4. The van der Waals surface area contributed by atoms with E-state index in [0.29, 0.717) is 5.15 Å². The van der Waals surface area contributed by atoms with E-state index in [1.807, 2.05) is 42.6 Å². The standard InChI is InChI=1S/C22H18ClN3/c23-20-13-8-15-22(25-20)26(21-14-6-7-16-24-21)19-12-5-4-11-18(19)17-9-2-1-3-10-17/h1-16,21,24H. The van der Waals surface area contributed by atoms with Crippen molar-refractivity contribution >= 4 is 23.1 Å². The molecule has 2 heterocycles. The maximum Gasteiger partial charge on any atom is 0.136 e. The lowest BCUT2D eigenvalue weighted by atomic mass is 10.0. The molecule has 0 bridgehead atoms. The first-order valence-corrected chi connectivity index (χ1v) is 8.86. The van der Waals surface area contributed by atoms with Crippen LogP contribution in [0.4, 0.5) is 11.5 Å². The number of hydrogen-bond donors (Lipinski definition) is 1. The predicted molar refractivity (Wildman–Crippen MR) is 108 cm³/mol. The summed E-state index contributed by atoms with van der Waals surface area (Å²) in [4.78, 5) is 6.71. The summed E-state index contributed by atoms with van der Waals surface area (Å²) in [5.74, 6) is 0.790. The molecule has 26 heavy (non-hydrogen) atoms. The Bertz CT molecular complexity index is 950. The van der Waals surface area contributed by atoms with Gasteiger partial charge in [-0.1, -0.05) is 72.3 Å². The monoisotopic (exact) mass is 359 g/mol. The summed E-state index contributed by atoms with van der Waals surface area (Å²) in [5.41, 5.74) is 3.36. The van der Waals surface area contributed by atoms with Crippen LogP contribution in [-0.4, -0.2) is 11.1 Å². The molecule has 0 saturated carbocycles.